The fraction of sp³-hybridized carbons (Fsp3) is 0.300. The van der Waals surface area contributed by atoms with Gasteiger partial charge < -0.3 is 0 Å². The van der Waals surface area contributed by atoms with Crippen molar-refractivity contribution in [2.75, 3.05) is 6.54 Å². The minimum Gasteiger partial charge on any atom is -0.298 e. The molecule has 0 aliphatic heterocycles. The van der Waals surface area contributed by atoms with Gasteiger partial charge in [-0.1, -0.05) is 12.1 Å². The molecule has 0 bridgehead atoms. The predicted octanol–water partition coefficient (Wildman–Crippen LogP) is 2.00. The molecule has 1 aromatic rings. The second-order valence-electron chi connectivity index (χ2n) is 2.82. The third kappa shape index (κ3) is 2.85. The Morgan fingerprint density at radius 1 is 1.62 bits per heavy atom. The number of halogens is 1. The molecule has 1 rings (SSSR count). The Bertz CT molecular complexity index is 317. The van der Waals surface area contributed by atoms with Gasteiger partial charge in [0.25, 0.3) is 0 Å². The van der Waals surface area contributed by atoms with Gasteiger partial charge in [0.05, 0.1) is 12.6 Å². The first-order valence-electron chi connectivity index (χ1n) is 4.10. The van der Waals surface area contributed by atoms with Crippen LogP contribution >= 0.6 is 0 Å². The van der Waals surface area contributed by atoms with Crippen LogP contribution in [0.2, 0.25) is 0 Å². The summed E-state index contributed by atoms with van der Waals surface area (Å²) in [5, 5.41) is 11.3. The summed E-state index contributed by atoms with van der Waals surface area (Å²) >= 11 is 0. The normalized spacial score (nSPS) is 12.1. The van der Waals surface area contributed by atoms with Gasteiger partial charge in [-0.25, -0.2) is 4.39 Å². The molecule has 0 aliphatic rings. The topological polar surface area (TPSA) is 35.8 Å². The molecule has 1 N–H and O–H groups in total. The van der Waals surface area contributed by atoms with Crippen LogP contribution in [0, 0.1) is 17.1 Å². The van der Waals surface area contributed by atoms with Gasteiger partial charge in [-0.3, -0.25) is 5.32 Å². The van der Waals surface area contributed by atoms with Crippen LogP contribution in [0.1, 0.15) is 18.5 Å². The molecule has 0 saturated heterocycles. The van der Waals surface area contributed by atoms with Gasteiger partial charge in [0, 0.05) is 6.04 Å². The third-order valence-corrected chi connectivity index (χ3v) is 1.84. The quantitative estimate of drug-likeness (QED) is 0.718. The molecule has 0 spiro atoms. The fourth-order valence-electron chi connectivity index (χ4n) is 1.09. The highest BCUT2D eigenvalue weighted by molar-refractivity contribution is 5.19. The zero-order valence-corrected chi connectivity index (χ0v) is 7.42. The highest BCUT2D eigenvalue weighted by Gasteiger charge is 2.03. The summed E-state index contributed by atoms with van der Waals surface area (Å²) in [7, 11) is 0. The molecule has 0 unspecified atom stereocenters. The Morgan fingerprint density at radius 3 is 3.00 bits per heavy atom. The lowest BCUT2D eigenvalue weighted by Crippen LogP contribution is -2.18. The van der Waals surface area contributed by atoms with Gasteiger partial charge in [0.15, 0.2) is 0 Å². The molecule has 13 heavy (non-hydrogen) atoms. The summed E-state index contributed by atoms with van der Waals surface area (Å²) in [6, 6.07) is 8.35. The van der Waals surface area contributed by atoms with Crippen LogP contribution in [0.25, 0.3) is 0 Å². The Morgan fingerprint density at radius 2 is 2.38 bits per heavy atom. The maximum absolute atomic E-state index is 12.8. The monoisotopic (exact) mass is 178 g/mol. The Labute approximate surface area is 77.0 Å². The summed E-state index contributed by atoms with van der Waals surface area (Å²) in [6.07, 6.45) is 0. The summed E-state index contributed by atoms with van der Waals surface area (Å²) < 4.78 is 12.8. The number of hydrogen-bond donors (Lipinski definition) is 1. The van der Waals surface area contributed by atoms with Crippen LogP contribution in [0.3, 0.4) is 0 Å². The third-order valence-electron chi connectivity index (χ3n) is 1.84. The van der Waals surface area contributed by atoms with E-state index in [0.29, 0.717) is 0 Å². The van der Waals surface area contributed by atoms with Crippen molar-refractivity contribution >= 4 is 0 Å². The zero-order valence-electron chi connectivity index (χ0n) is 7.42. The van der Waals surface area contributed by atoms with E-state index in [4.69, 9.17) is 5.26 Å². The van der Waals surface area contributed by atoms with E-state index in [2.05, 4.69) is 5.32 Å². The largest absolute Gasteiger partial charge is 0.298 e. The molecule has 0 radical (unpaired) electrons. The van der Waals surface area contributed by atoms with Gasteiger partial charge in [-0.2, -0.15) is 5.26 Å². The Hall–Kier alpha value is -1.40. The minimum atomic E-state index is -0.247. The van der Waals surface area contributed by atoms with E-state index in [-0.39, 0.29) is 18.4 Å². The smallest absolute Gasteiger partial charge is 0.123 e. The molecule has 0 aromatic heterocycles. The van der Waals surface area contributed by atoms with Crippen molar-refractivity contribution in [1.82, 2.24) is 5.32 Å². The maximum Gasteiger partial charge on any atom is 0.123 e. The Kier molecular flexibility index (Phi) is 3.41. The number of benzene rings is 1. The number of nitriles is 1. The lowest BCUT2D eigenvalue weighted by Gasteiger charge is -2.11. The van der Waals surface area contributed by atoms with Crippen LogP contribution in [-0.4, -0.2) is 6.54 Å². The van der Waals surface area contributed by atoms with E-state index in [0.717, 1.165) is 5.56 Å². The number of hydrogen-bond acceptors (Lipinski definition) is 2. The molecular weight excluding hydrogens is 167 g/mol. The van der Waals surface area contributed by atoms with Crippen molar-refractivity contribution in [3.63, 3.8) is 0 Å². The van der Waals surface area contributed by atoms with Crippen LogP contribution in [0.15, 0.2) is 24.3 Å². The highest BCUT2D eigenvalue weighted by atomic mass is 19.1. The van der Waals surface area contributed by atoms with E-state index in [1.165, 1.54) is 12.1 Å². The predicted molar refractivity (Wildman–Crippen MR) is 48.4 cm³/mol. The standard InChI is InChI=1S/C10H11FN2/c1-8(13-6-5-12)9-3-2-4-10(11)7-9/h2-4,7-8,13H,6H2,1H3/t8-/m0/s1. The van der Waals surface area contributed by atoms with E-state index < -0.39 is 0 Å². The van der Waals surface area contributed by atoms with Gasteiger partial charge in [0.1, 0.15) is 5.82 Å². The average molecular weight is 178 g/mol. The van der Waals surface area contributed by atoms with Crippen molar-refractivity contribution in [3.8, 4) is 6.07 Å². The maximum atomic E-state index is 12.8. The molecule has 1 atom stereocenters. The summed E-state index contributed by atoms with van der Waals surface area (Å²) in [5.41, 5.74) is 0.857. The Balaban J connectivity index is 2.66. The molecule has 68 valence electrons. The molecular formula is C10H11FN2. The zero-order chi connectivity index (χ0) is 9.68. The molecule has 0 heterocycles. The lowest BCUT2D eigenvalue weighted by molar-refractivity contribution is 0.597. The lowest BCUT2D eigenvalue weighted by atomic mass is 10.1. The second kappa shape index (κ2) is 4.58. The molecule has 0 amide bonds. The molecule has 2 nitrogen and oxygen atoms in total. The second-order valence-corrected chi connectivity index (χ2v) is 2.82. The van der Waals surface area contributed by atoms with Gasteiger partial charge in [-0.15, -0.1) is 0 Å². The first-order chi connectivity index (χ1) is 6.24. The number of nitrogens with one attached hydrogen (secondary N) is 1. The van der Waals surface area contributed by atoms with Crippen LogP contribution in [-0.2, 0) is 0 Å². The summed E-state index contributed by atoms with van der Waals surface area (Å²) in [5.74, 6) is -0.247. The van der Waals surface area contributed by atoms with Crippen molar-refractivity contribution in [2.24, 2.45) is 0 Å². The first kappa shape index (κ1) is 9.69. The van der Waals surface area contributed by atoms with E-state index in [1.807, 2.05) is 19.1 Å². The summed E-state index contributed by atoms with van der Waals surface area (Å²) in [4.78, 5) is 0. The van der Waals surface area contributed by atoms with Crippen molar-refractivity contribution in [2.45, 2.75) is 13.0 Å². The highest BCUT2D eigenvalue weighted by Crippen LogP contribution is 2.12. The molecule has 0 aliphatic carbocycles. The van der Waals surface area contributed by atoms with Crippen molar-refractivity contribution < 1.29 is 4.39 Å². The molecule has 3 heteroatoms. The number of nitrogens with zero attached hydrogens (tertiary/aromatic N) is 1. The number of rotatable bonds is 3. The van der Waals surface area contributed by atoms with Crippen LogP contribution in [0.4, 0.5) is 4.39 Å². The fourth-order valence-corrected chi connectivity index (χ4v) is 1.09. The SMILES string of the molecule is C[C@H](NCC#N)c1cccc(F)c1. The van der Waals surface area contributed by atoms with Gasteiger partial charge in [0.2, 0.25) is 0 Å². The van der Waals surface area contributed by atoms with E-state index >= 15 is 0 Å². The van der Waals surface area contributed by atoms with Crippen molar-refractivity contribution in [1.29, 1.82) is 5.26 Å². The average Bonchev–Trinajstić information content (AvgIpc) is 2.14. The van der Waals surface area contributed by atoms with Crippen LogP contribution in [0.5, 0.6) is 0 Å². The first-order valence-corrected chi connectivity index (χ1v) is 4.10. The van der Waals surface area contributed by atoms with Crippen molar-refractivity contribution in [3.05, 3.63) is 35.6 Å². The van der Waals surface area contributed by atoms with E-state index in [1.54, 1.807) is 6.07 Å². The molecule has 1 aromatic carbocycles. The van der Waals surface area contributed by atoms with Gasteiger partial charge in [-0.05, 0) is 24.6 Å². The summed E-state index contributed by atoms with van der Waals surface area (Å²) in [6.45, 7) is 2.17. The van der Waals surface area contributed by atoms with Crippen LogP contribution < -0.4 is 5.32 Å². The molecule has 0 saturated carbocycles. The van der Waals surface area contributed by atoms with E-state index in [9.17, 15) is 4.39 Å². The minimum absolute atomic E-state index is 0.00958. The van der Waals surface area contributed by atoms with Gasteiger partial charge >= 0.3 is 0 Å². The molecule has 0 fully saturated rings.